The molecular weight excluding hydrogens is 612 g/mol. The number of Topliss-reactive ketones (excluding diaryl/α,β-unsaturated/α-hetero) is 1. The average molecular weight is 665 g/mol. The van der Waals surface area contributed by atoms with Crippen molar-refractivity contribution in [2.45, 2.75) is 128 Å². The molecule has 0 N–H and O–H groups in total. The molecule has 4 heterocycles. The summed E-state index contributed by atoms with van der Waals surface area (Å²) in [4.78, 5) is 25.7. The lowest BCUT2D eigenvalue weighted by Crippen LogP contribution is -2.67. The van der Waals surface area contributed by atoms with Gasteiger partial charge in [0.25, 0.3) is 8.32 Å². The van der Waals surface area contributed by atoms with Crippen molar-refractivity contribution in [1.82, 2.24) is 0 Å². The van der Waals surface area contributed by atoms with Crippen molar-refractivity contribution in [3.63, 3.8) is 0 Å². The molecule has 8 nitrogen and oxygen atoms in total. The lowest BCUT2D eigenvalue weighted by atomic mass is 9.86. The van der Waals surface area contributed by atoms with Crippen LogP contribution in [0.4, 0.5) is 0 Å². The number of benzene rings is 2. The molecule has 4 fully saturated rings. The first kappa shape index (κ1) is 34.5. The Morgan fingerprint density at radius 3 is 2.09 bits per heavy atom. The SMILES string of the molecule is C[C@H]1C[C@@H]2O[C@@H](CO[Si](c3ccccc3)(c3ccccc3)C(C)(C)C)C[C@@H]2O[C@]12CC[C@@]1(O[C@H](COC(=O)C(C)(C)C)CCC1=O)O2. The highest BCUT2D eigenvalue weighted by Gasteiger charge is 2.63. The maximum atomic E-state index is 13.3. The predicted octanol–water partition coefficient (Wildman–Crippen LogP) is 5.69. The van der Waals surface area contributed by atoms with E-state index in [1.165, 1.54) is 10.4 Å². The van der Waals surface area contributed by atoms with Crippen LogP contribution in [0.5, 0.6) is 0 Å². The van der Waals surface area contributed by atoms with E-state index < -0.39 is 31.4 Å². The molecule has 4 aliphatic heterocycles. The fourth-order valence-corrected chi connectivity index (χ4v) is 12.5. The van der Waals surface area contributed by atoms with E-state index in [9.17, 15) is 9.59 Å². The van der Waals surface area contributed by atoms with Gasteiger partial charge in [-0.1, -0.05) is 88.4 Å². The summed E-state index contributed by atoms with van der Waals surface area (Å²) in [5.74, 6) is -2.66. The van der Waals surface area contributed by atoms with E-state index in [1.54, 1.807) is 0 Å². The van der Waals surface area contributed by atoms with Crippen LogP contribution in [-0.2, 0) is 37.7 Å². The molecule has 2 spiro atoms. The van der Waals surface area contributed by atoms with E-state index in [2.05, 4.69) is 88.4 Å². The Labute approximate surface area is 280 Å². The van der Waals surface area contributed by atoms with Gasteiger partial charge in [0.2, 0.25) is 5.79 Å². The third kappa shape index (κ3) is 6.52. The number of carbonyl (C=O) groups excluding carboxylic acids is 2. The second-order valence-corrected chi connectivity index (χ2v) is 20.3. The van der Waals surface area contributed by atoms with E-state index >= 15 is 0 Å². The molecule has 6 rings (SSSR count). The number of fused-ring (bicyclic) bond motifs is 1. The van der Waals surface area contributed by atoms with Crippen molar-refractivity contribution in [3.05, 3.63) is 60.7 Å². The van der Waals surface area contributed by atoms with E-state index in [0.29, 0.717) is 38.7 Å². The molecule has 7 atom stereocenters. The summed E-state index contributed by atoms with van der Waals surface area (Å²) in [6.07, 6.45) is 2.46. The number of ether oxygens (including phenoxy) is 5. The zero-order valence-electron chi connectivity index (χ0n) is 29.1. The number of hydrogen-bond acceptors (Lipinski definition) is 8. The molecule has 47 heavy (non-hydrogen) atoms. The van der Waals surface area contributed by atoms with Crippen LogP contribution in [0, 0.1) is 11.3 Å². The van der Waals surface area contributed by atoms with Gasteiger partial charge in [-0.2, -0.15) is 0 Å². The number of rotatable bonds is 7. The predicted molar refractivity (Wildman–Crippen MR) is 181 cm³/mol. The summed E-state index contributed by atoms with van der Waals surface area (Å²) in [6, 6.07) is 21.3. The van der Waals surface area contributed by atoms with Crippen LogP contribution in [0.1, 0.15) is 87.0 Å². The number of esters is 1. The van der Waals surface area contributed by atoms with E-state index in [-0.39, 0.29) is 47.6 Å². The average Bonchev–Trinajstić information content (AvgIpc) is 3.59. The van der Waals surface area contributed by atoms with Crippen molar-refractivity contribution < 1.29 is 37.7 Å². The van der Waals surface area contributed by atoms with Crippen LogP contribution >= 0.6 is 0 Å². The minimum absolute atomic E-state index is 0.00466. The Balaban J connectivity index is 1.15. The number of ketones is 1. The Bertz CT molecular complexity index is 1380. The normalized spacial score (nSPS) is 32.9. The Morgan fingerprint density at radius 2 is 1.49 bits per heavy atom. The van der Waals surface area contributed by atoms with Crippen molar-refractivity contribution in [3.8, 4) is 0 Å². The molecule has 4 aliphatic rings. The first-order valence-corrected chi connectivity index (χ1v) is 19.3. The summed E-state index contributed by atoms with van der Waals surface area (Å²) in [5.41, 5.74) is -0.607. The number of carbonyl (C=O) groups is 2. The first-order chi connectivity index (χ1) is 22.2. The molecule has 9 heteroatoms. The maximum Gasteiger partial charge on any atom is 0.311 e. The molecule has 4 saturated heterocycles. The van der Waals surface area contributed by atoms with Crippen molar-refractivity contribution >= 4 is 30.4 Å². The van der Waals surface area contributed by atoms with Gasteiger partial charge in [-0.15, -0.1) is 0 Å². The Kier molecular flexibility index (Phi) is 9.39. The highest BCUT2D eigenvalue weighted by Crippen LogP contribution is 2.53. The lowest BCUT2D eigenvalue weighted by molar-refractivity contribution is -0.362. The molecule has 0 aliphatic carbocycles. The quantitative estimate of drug-likeness (QED) is 0.276. The largest absolute Gasteiger partial charge is 0.463 e. The van der Waals surface area contributed by atoms with Gasteiger partial charge in [0.05, 0.1) is 36.4 Å². The second kappa shape index (κ2) is 12.8. The zero-order chi connectivity index (χ0) is 33.7. The molecule has 0 bridgehead atoms. The fourth-order valence-electron chi connectivity index (χ4n) is 7.93. The summed E-state index contributed by atoms with van der Waals surface area (Å²) < 4.78 is 39.2. The highest BCUT2D eigenvalue weighted by atomic mass is 28.4. The van der Waals surface area contributed by atoms with Gasteiger partial charge in [0.1, 0.15) is 6.61 Å². The van der Waals surface area contributed by atoms with Crippen LogP contribution < -0.4 is 10.4 Å². The molecule has 0 amide bonds. The van der Waals surface area contributed by atoms with Crippen LogP contribution in [0.2, 0.25) is 5.04 Å². The molecule has 2 aromatic carbocycles. The van der Waals surface area contributed by atoms with Gasteiger partial charge in [0, 0.05) is 31.6 Å². The molecule has 0 unspecified atom stereocenters. The highest BCUT2D eigenvalue weighted by molar-refractivity contribution is 6.99. The molecule has 0 saturated carbocycles. The van der Waals surface area contributed by atoms with Crippen molar-refractivity contribution in [2.24, 2.45) is 11.3 Å². The van der Waals surface area contributed by atoms with Gasteiger partial charge in [-0.05, 0) is 49.0 Å². The van der Waals surface area contributed by atoms with E-state index in [4.69, 9.17) is 28.1 Å². The third-order valence-corrected chi connectivity index (χ3v) is 15.5. The summed E-state index contributed by atoms with van der Waals surface area (Å²) in [5, 5.41) is 2.36. The molecule has 0 aromatic heterocycles. The van der Waals surface area contributed by atoms with Gasteiger partial charge in [-0.3, -0.25) is 9.59 Å². The van der Waals surface area contributed by atoms with Crippen LogP contribution in [-0.4, -0.2) is 69.3 Å². The molecular formula is C38H52O8Si. The summed E-state index contributed by atoms with van der Waals surface area (Å²) in [6.45, 7) is 15.0. The minimum Gasteiger partial charge on any atom is -0.463 e. The van der Waals surface area contributed by atoms with Crippen LogP contribution in [0.25, 0.3) is 0 Å². The molecule has 256 valence electrons. The minimum atomic E-state index is -2.71. The van der Waals surface area contributed by atoms with Crippen molar-refractivity contribution in [2.75, 3.05) is 13.2 Å². The smallest absolute Gasteiger partial charge is 0.311 e. The van der Waals surface area contributed by atoms with E-state index in [1.807, 2.05) is 20.8 Å². The van der Waals surface area contributed by atoms with E-state index in [0.717, 1.165) is 6.42 Å². The summed E-state index contributed by atoms with van der Waals surface area (Å²) in [7, 11) is -2.71. The van der Waals surface area contributed by atoms with Gasteiger partial charge >= 0.3 is 5.97 Å². The molecule has 2 aromatic rings. The zero-order valence-corrected chi connectivity index (χ0v) is 30.1. The van der Waals surface area contributed by atoms with Crippen LogP contribution in [0.3, 0.4) is 0 Å². The fraction of sp³-hybridized carbons (Fsp3) is 0.632. The summed E-state index contributed by atoms with van der Waals surface area (Å²) >= 11 is 0. The van der Waals surface area contributed by atoms with Crippen LogP contribution in [0.15, 0.2) is 60.7 Å². The Hall–Kier alpha value is -2.40. The first-order valence-electron chi connectivity index (χ1n) is 17.3. The third-order valence-electron chi connectivity index (χ3n) is 10.5. The standard InChI is InChI=1S/C38H52O8Si/c1-26-22-31-32(45-37(26)20-21-38(46-37)33(39)19-18-27(44-38)24-41-34(40)35(2,3)4)23-28(43-31)25-42-47(36(5,6)7,29-14-10-8-11-15-29)30-16-12-9-13-17-30/h8-17,26-28,31-32H,18-25H2,1-7H3/t26-,27-,28+,31-,32-,37-,38+/m0/s1. The van der Waals surface area contributed by atoms with Crippen molar-refractivity contribution in [1.29, 1.82) is 0 Å². The monoisotopic (exact) mass is 664 g/mol. The maximum absolute atomic E-state index is 13.3. The van der Waals surface area contributed by atoms with Gasteiger partial charge < -0.3 is 28.1 Å². The van der Waals surface area contributed by atoms with Gasteiger partial charge in [0.15, 0.2) is 11.6 Å². The topological polar surface area (TPSA) is 89.5 Å². The van der Waals surface area contributed by atoms with Gasteiger partial charge in [-0.25, -0.2) is 0 Å². The molecule has 0 radical (unpaired) electrons. The Morgan fingerprint density at radius 1 is 0.851 bits per heavy atom. The number of hydrogen-bond donors (Lipinski definition) is 0. The lowest BCUT2D eigenvalue weighted by Gasteiger charge is -2.46. The second-order valence-electron chi connectivity index (χ2n) is 16.0.